The summed E-state index contributed by atoms with van der Waals surface area (Å²) in [4.78, 5) is 25.9. The zero-order valence-electron chi connectivity index (χ0n) is 19.8. The van der Waals surface area contributed by atoms with Crippen LogP contribution in [0.15, 0.2) is 75.9 Å². The van der Waals surface area contributed by atoms with Gasteiger partial charge in [-0.15, -0.1) is 0 Å². The van der Waals surface area contributed by atoms with Crippen LogP contribution in [0.1, 0.15) is 61.1 Å². The van der Waals surface area contributed by atoms with Crippen molar-refractivity contribution in [2.24, 2.45) is 5.92 Å². The van der Waals surface area contributed by atoms with Crippen molar-refractivity contribution in [3.63, 3.8) is 0 Å². The first-order chi connectivity index (χ1) is 17.0. The molecular weight excluding hydrogens is 446 g/mol. The molecule has 1 fully saturated rings. The highest BCUT2D eigenvalue weighted by Crippen LogP contribution is 2.52. The summed E-state index contributed by atoms with van der Waals surface area (Å²) < 4.78 is 11.2. The molecular formula is C28H31NO6. The molecule has 0 saturated heterocycles. The summed E-state index contributed by atoms with van der Waals surface area (Å²) in [6, 6.07) is 18.6. The van der Waals surface area contributed by atoms with E-state index in [1.54, 1.807) is 24.3 Å². The highest BCUT2D eigenvalue weighted by atomic mass is 16.5. The Morgan fingerprint density at radius 1 is 1.14 bits per heavy atom. The van der Waals surface area contributed by atoms with Crippen LogP contribution in [0, 0.1) is 5.92 Å². The van der Waals surface area contributed by atoms with E-state index in [1.165, 1.54) is 6.07 Å². The predicted octanol–water partition coefficient (Wildman–Crippen LogP) is 4.80. The normalized spacial score (nSPS) is 15.7. The van der Waals surface area contributed by atoms with Crippen molar-refractivity contribution in [2.75, 3.05) is 6.61 Å². The molecule has 0 spiro atoms. The van der Waals surface area contributed by atoms with E-state index in [4.69, 9.17) is 9.15 Å². The number of amides is 1. The van der Waals surface area contributed by atoms with Gasteiger partial charge in [0, 0.05) is 18.1 Å². The molecule has 184 valence electrons. The third-order valence-corrected chi connectivity index (χ3v) is 6.90. The molecule has 1 heterocycles. The van der Waals surface area contributed by atoms with Crippen molar-refractivity contribution in [3.8, 4) is 5.75 Å². The van der Waals surface area contributed by atoms with Gasteiger partial charge < -0.3 is 24.7 Å². The molecule has 35 heavy (non-hydrogen) atoms. The van der Waals surface area contributed by atoms with E-state index in [9.17, 15) is 19.8 Å². The molecule has 7 nitrogen and oxygen atoms in total. The Kier molecular flexibility index (Phi) is 7.56. The van der Waals surface area contributed by atoms with Crippen LogP contribution < -0.4 is 10.9 Å². The highest BCUT2D eigenvalue weighted by Gasteiger charge is 2.47. The zero-order chi connectivity index (χ0) is 24.8. The van der Waals surface area contributed by atoms with Crippen molar-refractivity contribution >= 4 is 6.09 Å². The number of hydrogen-bond acceptors (Lipinski definition) is 6. The van der Waals surface area contributed by atoms with Gasteiger partial charge in [0.15, 0.2) is 0 Å². The number of carbonyl (C=O) groups excluding carboxylic acids is 1. The molecule has 7 heteroatoms. The first-order valence-corrected chi connectivity index (χ1v) is 12.0. The zero-order valence-corrected chi connectivity index (χ0v) is 19.8. The van der Waals surface area contributed by atoms with E-state index < -0.39 is 23.2 Å². The summed E-state index contributed by atoms with van der Waals surface area (Å²) in [5.41, 5.74) is 0.119. The van der Waals surface area contributed by atoms with Crippen molar-refractivity contribution in [1.29, 1.82) is 0 Å². The molecule has 2 atom stereocenters. The minimum absolute atomic E-state index is 0.0436. The first kappa shape index (κ1) is 24.5. The van der Waals surface area contributed by atoms with Gasteiger partial charge in [0.05, 0.1) is 6.04 Å². The molecule has 1 aromatic heterocycles. The molecule has 3 N–H and O–H groups in total. The monoisotopic (exact) mass is 477 g/mol. The van der Waals surface area contributed by atoms with Crippen LogP contribution in [0.3, 0.4) is 0 Å². The number of aromatic hydroxyl groups is 1. The van der Waals surface area contributed by atoms with Gasteiger partial charge in [-0.05, 0) is 42.7 Å². The molecule has 1 saturated carbocycles. The van der Waals surface area contributed by atoms with Crippen LogP contribution >= 0.6 is 0 Å². The minimum atomic E-state index is -0.973. The highest BCUT2D eigenvalue weighted by molar-refractivity contribution is 5.69. The van der Waals surface area contributed by atoms with Crippen molar-refractivity contribution in [2.45, 2.75) is 50.7 Å². The molecule has 0 aliphatic heterocycles. The van der Waals surface area contributed by atoms with Crippen molar-refractivity contribution in [1.82, 2.24) is 5.32 Å². The van der Waals surface area contributed by atoms with Crippen LogP contribution in [0.2, 0.25) is 0 Å². The SMILES string of the molecule is CCC(CCO)(c1cc(O)c(C(NC(=O)OCc2ccccc2)c2ccccc2)c(=O)o1)C1CC1. The fourth-order valence-corrected chi connectivity index (χ4v) is 4.86. The van der Waals surface area contributed by atoms with Gasteiger partial charge >= 0.3 is 11.7 Å². The molecule has 3 aromatic rings. The number of ether oxygens (including phenoxy) is 1. The maximum atomic E-state index is 13.3. The number of rotatable bonds is 10. The number of hydrogen-bond donors (Lipinski definition) is 3. The van der Waals surface area contributed by atoms with E-state index in [-0.39, 0.29) is 24.5 Å². The lowest BCUT2D eigenvalue weighted by molar-refractivity contribution is 0.136. The Hall–Kier alpha value is -3.58. The number of carbonyl (C=O) groups is 1. The molecule has 0 radical (unpaired) electrons. The molecule has 0 bridgehead atoms. The van der Waals surface area contributed by atoms with Crippen LogP contribution in [-0.2, 0) is 16.8 Å². The Bertz CT molecular complexity index is 1190. The van der Waals surface area contributed by atoms with Gasteiger partial charge in [-0.1, -0.05) is 67.6 Å². The number of alkyl carbamates (subject to hydrolysis) is 1. The van der Waals surface area contributed by atoms with Gasteiger partial charge in [-0.3, -0.25) is 0 Å². The number of benzene rings is 2. The Morgan fingerprint density at radius 2 is 1.80 bits per heavy atom. The second kappa shape index (κ2) is 10.8. The average molecular weight is 478 g/mol. The van der Waals surface area contributed by atoms with E-state index >= 15 is 0 Å². The standard InChI is InChI=1S/C28H31NO6/c1-2-28(15-16-30,21-13-14-21)23-17-22(31)24(26(32)35-23)25(20-11-7-4-8-12-20)29-27(33)34-18-19-9-5-3-6-10-19/h3-12,17,21,25,30-31H,2,13-16,18H2,1H3,(H,29,33). The molecule has 1 aliphatic carbocycles. The largest absolute Gasteiger partial charge is 0.507 e. The molecule has 2 aromatic carbocycles. The lowest BCUT2D eigenvalue weighted by atomic mass is 9.74. The summed E-state index contributed by atoms with van der Waals surface area (Å²) in [5.74, 6) is 0.412. The Balaban J connectivity index is 1.66. The van der Waals surface area contributed by atoms with Crippen LogP contribution in [0.25, 0.3) is 0 Å². The summed E-state index contributed by atoms with van der Waals surface area (Å²) in [5, 5.41) is 23.4. The van der Waals surface area contributed by atoms with E-state index in [0.717, 1.165) is 18.4 Å². The smallest absolute Gasteiger partial charge is 0.408 e. The van der Waals surface area contributed by atoms with E-state index in [0.29, 0.717) is 30.1 Å². The first-order valence-electron chi connectivity index (χ1n) is 12.0. The molecule has 2 unspecified atom stereocenters. The molecule has 1 amide bonds. The maximum absolute atomic E-state index is 13.3. The number of aliphatic hydroxyl groups is 1. The predicted molar refractivity (Wildman–Crippen MR) is 131 cm³/mol. The summed E-state index contributed by atoms with van der Waals surface area (Å²) in [6.45, 7) is 2.02. The number of nitrogens with one attached hydrogen (secondary N) is 1. The minimum Gasteiger partial charge on any atom is -0.507 e. The topological polar surface area (TPSA) is 109 Å². The third kappa shape index (κ3) is 5.41. The average Bonchev–Trinajstić information content (AvgIpc) is 3.72. The fraction of sp³-hybridized carbons (Fsp3) is 0.357. The maximum Gasteiger partial charge on any atom is 0.408 e. The van der Waals surface area contributed by atoms with Crippen LogP contribution in [0.4, 0.5) is 4.79 Å². The van der Waals surface area contributed by atoms with E-state index in [1.807, 2.05) is 43.3 Å². The lowest BCUT2D eigenvalue weighted by Gasteiger charge is -2.31. The fourth-order valence-electron chi connectivity index (χ4n) is 4.86. The molecule has 1 aliphatic rings. The van der Waals surface area contributed by atoms with Crippen LogP contribution in [0.5, 0.6) is 5.75 Å². The summed E-state index contributed by atoms with van der Waals surface area (Å²) in [6.07, 6.45) is 2.36. The second-order valence-electron chi connectivity index (χ2n) is 9.00. The third-order valence-electron chi connectivity index (χ3n) is 6.90. The Morgan fingerprint density at radius 3 is 2.37 bits per heavy atom. The molecule has 4 rings (SSSR count). The lowest BCUT2D eigenvalue weighted by Crippen LogP contribution is -2.34. The summed E-state index contributed by atoms with van der Waals surface area (Å²) in [7, 11) is 0. The van der Waals surface area contributed by atoms with Crippen LogP contribution in [-0.4, -0.2) is 22.9 Å². The van der Waals surface area contributed by atoms with Gasteiger partial charge in [-0.25, -0.2) is 9.59 Å². The van der Waals surface area contributed by atoms with Gasteiger partial charge in [0.25, 0.3) is 0 Å². The number of aliphatic hydroxyl groups excluding tert-OH is 1. The van der Waals surface area contributed by atoms with Gasteiger partial charge in [0.2, 0.25) is 0 Å². The van der Waals surface area contributed by atoms with Gasteiger partial charge in [-0.2, -0.15) is 0 Å². The van der Waals surface area contributed by atoms with Crippen molar-refractivity contribution < 1.29 is 24.2 Å². The van der Waals surface area contributed by atoms with Crippen molar-refractivity contribution in [3.05, 3.63) is 99.6 Å². The Labute approximate surface area is 204 Å². The van der Waals surface area contributed by atoms with E-state index in [2.05, 4.69) is 5.32 Å². The quantitative estimate of drug-likeness (QED) is 0.387. The summed E-state index contributed by atoms with van der Waals surface area (Å²) >= 11 is 0. The second-order valence-corrected chi connectivity index (χ2v) is 9.00. The van der Waals surface area contributed by atoms with Gasteiger partial charge in [0.1, 0.15) is 23.7 Å².